The van der Waals surface area contributed by atoms with E-state index in [9.17, 15) is 4.79 Å². The minimum absolute atomic E-state index is 0.105. The molecule has 0 saturated carbocycles. The van der Waals surface area contributed by atoms with Gasteiger partial charge in [-0.3, -0.25) is 9.78 Å². The third-order valence-corrected chi connectivity index (χ3v) is 5.34. The Morgan fingerprint density at radius 2 is 2.08 bits per heavy atom. The number of benzene rings is 2. The second-order valence-corrected chi connectivity index (χ2v) is 7.06. The smallest absolute Gasteiger partial charge is 0.254 e. The highest BCUT2D eigenvalue weighted by Gasteiger charge is 2.24. The minimum atomic E-state index is -0.235. The van der Waals surface area contributed by atoms with Gasteiger partial charge in [-0.05, 0) is 28.1 Å². The molecule has 0 saturated heterocycles. The summed E-state index contributed by atoms with van der Waals surface area (Å²) in [4.78, 5) is 17.2. The second kappa shape index (κ2) is 6.65. The summed E-state index contributed by atoms with van der Waals surface area (Å²) in [5.74, 6) is 0.576. The maximum Gasteiger partial charge on any atom is 0.254 e. The molecule has 25 heavy (non-hydrogen) atoms. The Labute approximate surface area is 158 Å². The number of nitrogens with zero attached hydrogens (tertiary/aromatic N) is 1. The number of hydrogen-bond acceptors (Lipinski definition) is 3. The third-order valence-electron chi connectivity index (χ3n) is 4.29. The van der Waals surface area contributed by atoms with Crippen LogP contribution >= 0.6 is 27.5 Å². The summed E-state index contributed by atoms with van der Waals surface area (Å²) in [7, 11) is 0. The first kappa shape index (κ1) is 16.4. The van der Waals surface area contributed by atoms with E-state index in [4.69, 9.17) is 16.3 Å². The summed E-state index contributed by atoms with van der Waals surface area (Å²) in [5, 5.41) is 4.21. The summed E-state index contributed by atoms with van der Waals surface area (Å²) >= 11 is 9.93. The Hall–Kier alpha value is -2.11. The van der Waals surface area contributed by atoms with Gasteiger partial charge >= 0.3 is 0 Å². The monoisotopic (exact) mass is 416 g/mol. The third kappa shape index (κ3) is 2.98. The predicted molar refractivity (Wildman–Crippen MR) is 101 cm³/mol. The van der Waals surface area contributed by atoms with Crippen molar-refractivity contribution in [2.24, 2.45) is 0 Å². The molecule has 2 heterocycles. The van der Waals surface area contributed by atoms with Gasteiger partial charge in [-0.2, -0.15) is 0 Å². The maximum absolute atomic E-state index is 12.8. The molecule has 1 aliphatic rings. The van der Waals surface area contributed by atoms with Gasteiger partial charge in [0.1, 0.15) is 5.75 Å². The molecule has 2 aromatic carbocycles. The molecule has 0 unspecified atom stereocenters. The van der Waals surface area contributed by atoms with Crippen LogP contribution < -0.4 is 10.1 Å². The van der Waals surface area contributed by atoms with Gasteiger partial charge in [0.05, 0.1) is 28.8 Å². The van der Waals surface area contributed by atoms with Gasteiger partial charge < -0.3 is 10.1 Å². The van der Waals surface area contributed by atoms with Gasteiger partial charge in [0.25, 0.3) is 5.91 Å². The fourth-order valence-corrected chi connectivity index (χ4v) is 3.80. The van der Waals surface area contributed by atoms with Crippen molar-refractivity contribution in [1.29, 1.82) is 0 Å². The van der Waals surface area contributed by atoms with Crippen LogP contribution in [-0.4, -0.2) is 17.5 Å². The van der Waals surface area contributed by atoms with Crippen LogP contribution in [0.4, 0.5) is 0 Å². The predicted octanol–water partition coefficient (Wildman–Crippen LogP) is 4.90. The molecule has 6 heteroatoms. The molecule has 0 radical (unpaired) electrons. The van der Waals surface area contributed by atoms with E-state index in [1.54, 1.807) is 0 Å². The van der Waals surface area contributed by atoms with Crippen molar-refractivity contribution in [2.75, 3.05) is 6.61 Å². The number of fused-ring (bicyclic) bond motifs is 2. The number of nitrogens with one attached hydrogen (secondary N) is 1. The molecule has 1 amide bonds. The topological polar surface area (TPSA) is 51.2 Å². The molecule has 4 rings (SSSR count). The molecule has 4 nitrogen and oxygen atoms in total. The number of carbonyl (C=O) groups excluding carboxylic acids is 1. The number of hydrogen-bond donors (Lipinski definition) is 1. The SMILES string of the molecule is O=C(N[C@H]1CCOc2ccccc21)c1cnc2c(Br)cccc2c1Cl. The Morgan fingerprint density at radius 1 is 1.24 bits per heavy atom. The van der Waals surface area contributed by atoms with Gasteiger partial charge in [-0.25, -0.2) is 0 Å². The van der Waals surface area contributed by atoms with E-state index >= 15 is 0 Å². The van der Waals surface area contributed by atoms with Gasteiger partial charge in [0.15, 0.2) is 0 Å². The molecule has 1 N–H and O–H groups in total. The zero-order valence-corrected chi connectivity index (χ0v) is 15.5. The first-order chi connectivity index (χ1) is 12.1. The van der Waals surface area contributed by atoms with E-state index in [1.807, 2.05) is 42.5 Å². The molecular weight excluding hydrogens is 404 g/mol. The Kier molecular flexibility index (Phi) is 4.36. The Morgan fingerprint density at radius 3 is 2.96 bits per heavy atom. The number of aromatic nitrogens is 1. The van der Waals surface area contributed by atoms with E-state index in [0.29, 0.717) is 23.6 Å². The van der Waals surface area contributed by atoms with E-state index in [-0.39, 0.29) is 11.9 Å². The number of pyridine rings is 1. The highest BCUT2D eigenvalue weighted by Crippen LogP contribution is 2.33. The van der Waals surface area contributed by atoms with Crippen LogP contribution in [0.2, 0.25) is 5.02 Å². The summed E-state index contributed by atoms with van der Waals surface area (Å²) in [6.07, 6.45) is 2.24. The lowest BCUT2D eigenvalue weighted by atomic mass is 10.00. The summed E-state index contributed by atoms with van der Waals surface area (Å²) < 4.78 is 6.49. The normalized spacial score (nSPS) is 16.2. The molecule has 0 fully saturated rings. The number of rotatable bonds is 2. The molecule has 126 valence electrons. The highest BCUT2D eigenvalue weighted by molar-refractivity contribution is 9.10. The van der Waals surface area contributed by atoms with Crippen molar-refractivity contribution >= 4 is 44.3 Å². The lowest BCUT2D eigenvalue weighted by molar-refractivity contribution is 0.0925. The average molecular weight is 418 g/mol. The van der Waals surface area contributed by atoms with Crippen LogP contribution in [0.5, 0.6) is 5.75 Å². The molecule has 1 aliphatic heterocycles. The molecule has 1 atom stereocenters. The quantitative estimate of drug-likeness (QED) is 0.645. The number of ether oxygens (including phenoxy) is 1. The van der Waals surface area contributed by atoms with Crippen molar-refractivity contribution in [1.82, 2.24) is 10.3 Å². The van der Waals surface area contributed by atoms with E-state index in [0.717, 1.165) is 26.7 Å². The van der Waals surface area contributed by atoms with Gasteiger partial charge in [0.2, 0.25) is 0 Å². The zero-order valence-electron chi connectivity index (χ0n) is 13.1. The fraction of sp³-hybridized carbons (Fsp3) is 0.158. The summed E-state index contributed by atoms with van der Waals surface area (Å²) in [5.41, 5.74) is 2.09. The van der Waals surface area contributed by atoms with Crippen LogP contribution in [0.25, 0.3) is 10.9 Å². The lowest BCUT2D eigenvalue weighted by Gasteiger charge is -2.26. The largest absolute Gasteiger partial charge is 0.493 e. The summed E-state index contributed by atoms with van der Waals surface area (Å²) in [6, 6.07) is 13.3. The standard InChI is InChI=1S/C19H14BrClN2O2/c20-14-6-3-5-12-17(21)13(10-22-18(12)14)19(24)23-15-8-9-25-16-7-2-1-4-11(15)16/h1-7,10,15H,8-9H2,(H,23,24)/t15-/m0/s1. The van der Waals surface area contributed by atoms with Crippen molar-refractivity contribution in [3.05, 3.63) is 69.3 Å². The number of amides is 1. The lowest BCUT2D eigenvalue weighted by Crippen LogP contribution is -2.32. The molecular formula is C19H14BrClN2O2. The maximum atomic E-state index is 12.8. The first-order valence-electron chi connectivity index (χ1n) is 7.90. The Balaban J connectivity index is 1.67. The molecule has 3 aromatic rings. The van der Waals surface area contributed by atoms with Crippen molar-refractivity contribution in [3.63, 3.8) is 0 Å². The van der Waals surface area contributed by atoms with Crippen molar-refractivity contribution < 1.29 is 9.53 Å². The highest BCUT2D eigenvalue weighted by atomic mass is 79.9. The van der Waals surface area contributed by atoms with Crippen molar-refractivity contribution in [2.45, 2.75) is 12.5 Å². The molecule has 0 bridgehead atoms. The fourth-order valence-electron chi connectivity index (χ4n) is 3.04. The van der Waals surface area contributed by atoms with Crippen molar-refractivity contribution in [3.8, 4) is 5.75 Å². The van der Waals surface area contributed by atoms with Gasteiger partial charge in [-0.1, -0.05) is 41.9 Å². The van der Waals surface area contributed by atoms with Crippen LogP contribution in [0.3, 0.4) is 0 Å². The van der Waals surface area contributed by atoms with Crippen LogP contribution in [0.15, 0.2) is 53.1 Å². The number of para-hydroxylation sites is 2. The molecule has 0 aliphatic carbocycles. The second-order valence-electron chi connectivity index (χ2n) is 5.82. The Bertz CT molecular complexity index is 977. The number of halogens is 2. The first-order valence-corrected chi connectivity index (χ1v) is 9.07. The van der Waals surface area contributed by atoms with E-state index < -0.39 is 0 Å². The van der Waals surface area contributed by atoms with E-state index in [2.05, 4.69) is 26.2 Å². The van der Waals surface area contributed by atoms with Crippen LogP contribution in [-0.2, 0) is 0 Å². The number of carbonyl (C=O) groups is 1. The minimum Gasteiger partial charge on any atom is -0.493 e. The van der Waals surface area contributed by atoms with Gasteiger partial charge in [0, 0.05) is 28.0 Å². The average Bonchev–Trinajstić information content (AvgIpc) is 2.63. The van der Waals surface area contributed by atoms with E-state index in [1.165, 1.54) is 6.20 Å². The van der Waals surface area contributed by atoms with Crippen LogP contribution in [0, 0.1) is 0 Å². The zero-order chi connectivity index (χ0) is 17.4. The molecule has 0 spiro atoms. The molecule has 1 aromatic heterocycles. The van der Waals surface area contributed by atoms with Gasteiger partial charge in [-0.15, -0.1) is 0 Å². The summed E-state index contributed by atoms with van der Waals surface area (Å²) in [6.45, 7) is 0.568. The van der Waals surface area contributed by atoms with Crippen LogP contribution in [0.1, 0.15) is 28.4 Å².